The molecule has 1 N–H and O–H groups in total. The molecule has 0 unspecified atom stereocenters. The van der Waals surface area contributed by atoms with Gasteiger partial charge in [0.2, 0.25) is 10.0 Å². The van der Waals surface area contributed by atoms with Crippen molar-refractivity contribution in [2.45, 2.75) is 13.1 Å². The molecule has 0 amide bonds. The summed E-state index contributed by atoms with van der Waals surface area (Å²) in [5.41, 5.74) is 1.70. The van der Waals surface area contributed by atoms with Crippen LogP contribution in [-0.2, 0) is 23.1 Å². The maximum absolute atomic E-state index is 11.1. The first-order valence-corrected chi connectivity index (χ1v) is 5.31. The first-order valence-electron chi connectivity index (χ1n) is 3.46. The van der Waals surface area contributed by atoms with E-state index in [0.717, 1.165) is 11.3 Å². The number of hydrogen-bond acceptors (Lipinski definition) is 3. The largest absolute Gasteiger partial charge is 0.280 e. The van der Waals surface area contributed by atoms with E-state index < -0.39 is 10.0 Å². The van der Waals surface area contributed by atoms with Crippen molar-refractivity contribution < 1.29 is 8.42 Å². The van der Waals surface area contributed by atoms with Gasteiger partial charge in [-0.05, 0) is 0 Å². The number of fused-ring (bicyclic) bond motifs is 1. The molecule has 0 aliphatic carbocycles. The third-order valence-corrected chi connectivity index (χ3v) is 3.08. The number of nitrogens with zero attached hydrogens (tertiary/aromatic N) is 2. The SMILES string of the molecule is CS(=O)(=O)N1Cc2[c]n[nH]c2C1. The molecule has 2 rings (SSSR count). The van der Waals surface area contributed by atoms with Crippen LogP contribution >= 0.6 is 0 Å². The summed E-state index contributed by atoms with van der Waals surface area (Å²) in [5.74, 6) is 0. The lowest BCUT2D eigenvalue weighted by atomic mass is 10.3. The molecular formula is C6H8N3O2S. The molecule has 0 fully saturated rings. The number of rotatable bonds is 1. The Balaban J connectivity index is 2.29. The lowest BCUT2D eigenvalue weighted by Crippen LogP contribution is -2.24. The number of sulfonamides is 1. The maximum atomic E-state index is 11.1. The summed E-state index contributed by atoms with van der Waals surface area (Å²) in [6.07, 6.45) is 3.91. The van der Waals surface area contributed by atoms with Crippen molar-refractivity contribution >= 4 is 10.0 Å². The predicted octanol–water partition coefficient (Wildman–Crippen LogP) is -0.515. The van der Waals surface area contributed by atoms with Crippen LogP contribution in [-0.4, -0.2) is 29.2 Å². The van der Waals surface area contributed by atoms with Gasteiger partial charge in [-0.3, -0.25) is 5.10 Å². The molecule has 6 heteroatoms. The van der Waals surface area contributed by atoms with Gasteiger partial charge in [0.1, 0.15) is 6.20 Å². The highest BCUT2D eigenvalue weighted by Gasteiger charge is 2.27. The van der Waals surface area contributed by atoms with Crippen LogP contribution in [0.25, 0.3) is 0 Å². The van der Waals surface area contributed by atoms with Gasteiger partial charge in [0, 0.05) is 12.1 Å². The lowest BCUT2D eigenvalue weighted by molar-refractivity contribution is 0.431. The number of H-pyrrole nitrogens is 1. The van der Waals surface area contributed by atoms with E-state index in [1.807, 2.05) is 0 Å². The van der Waals surface area contributed by atoms with Crippen molar-refractivity contribution in [2.24, 2.45) is 0 Å². The van der Waals surface area contributed by atoms with Crippen molar-refractivity contribution in [3.8, 4) is 0 Å². The molecule has 0 bridgehead atoms. The molecule has 65 valence electrons. The van der Waals surface area contributed by atoms with Gasteiger partial charge in [0.15, 0.2) is 0 Å². The van der Waals surface area contributed by atoms with Crippen molar-refractivity contribution in [2.75, 3.05) is 6.26 Å². The quantitative estimate of drug-likeness (QED) is 0.642. The van der Waals surface area contributed by atoms with Crippen LogP contribution in [0.15, 0.2) is 0 Å². The van der Waals surface area contributed by atoms with E-state index in [-0.39, 0.29) is 0 Å². The summed E-state index contributed by atoms with van der Waals surface area (Å²) in [6, 6.07) is 0. The van der Waals surface area contributed by atoms with Crippen LogP contribution < -0.4 is 0 Å². The Labute approximate surface area is 70.4 Å². The first-order chi connectivity index (χ1) is 5.57. The van der Waals surface area contributed by atoms with Gasteiger partial charge in [0.25, 0.3) is 0 Å². The minimum absolute atomic E-state index is 0.394. The van der Waals surface area contributed by atoms with Crippen LogP contribution in [0.3, 0.4) is 0 Å². The second kappa shape index (κ2) is 2.30. The average molecular weight is 186 g/mol. The van der Waals surface area contributed by atoms with Gasteiger partial charge in [-0.15, -0.1) is 0 Å². The third-order valence-electron chi connectivity index (χ3n) is 1.88. The summed E-state index contributed by atoms with van der Waals surface area (Å²) in [6.45, 7) is 0.787. The fraction of sp³-hybridized carbons (Fsp3) is 0.500. The maximum Gasteiger partial charge on any atom is 0.211 e. The number of nitrogens with one attached hydrogen (secondary N) is 1. The Kier molecular flexibility index (Phi) is 1.49. The summed E-state index contributed by atoms with van der Waals surface area (Å²) in [5, 5.41) is 6.40. The van der Waals surface area contributed by atoms with Crippen LogP contribution in [0.4, 0.5) is 0 Å². The van der Waals surface area contributed by atoms with Gasteiger partial charge in [0.05, 0.1) is 18.5 Å². The molecule has 1 aliphatic heterocycles. The van der Waals surface area contributed by atoms with Crippen molar-refractivity contribution in [3.63, 3.8) is 0 Å². The fourth-order valence-corrected chi connectivity index (χ4v) is 1.93. The Hall–Kier alpha value is -0.880. The van der Waals surface area contributed by atoms with Crippen LogP contribution in [0.2, 0.25) is 0 Å². The van der Waals surface area contributed by atoms with Crippen molar-refractivity contribution in [1.29, 1.82) is 0 Å². The predicted molar refractivity (Wildman–Crippen MR) is 41.5 cm³/mol. The number of hydrogen-bond donors (Lipinski definition) is 1. The summed E-state index contributed by atoms with van der Waals surface area (Å²) in [4.78, 5) is 0. The zero-order chi connectivity index (χ0) is 8.77. The van der Waals surface area contributed by atoms with Gasteiger partial charge >= 0.3 is 0 Å². The summed E-state index contributed by atoms with van der Waals surface area (Å²) < 4.78 is 23.5. The molecule has 1 aliphatic rings. The average Bonchev–Trinajstić information content (AvgIpc) is 2.37. The molecular weight excluding hydrogens is 178 g/mol. The van der Waals surface area contributed by atoms with E-state index in [1.165, 1.54) is 10.6 Å². The summed E-state index contributed by atoms with van der Waals surface area (Å²) >= 11 is 0. The van der Waals surface area contributed by atoms with E-state index in [9.17, 15) is 8.42 Å². The van der Waals surface area contributed by atoms with E-state index in [1.54, 1.807) is 0 Å². The molecule has 12 heavy (non-hydrogen) atoms. The van der Waals surface area contributed by atoms with E-state index in [4.69, 9.17) is 0 Å². The minimum Gasteiger partial charge on any atom is -0.280 e. The molecule has 1 aromatic heterocycles. The Bertz CT molecular complexity index is 374. The zero-order valence-corrected chi connectivity index (χ0v) is 7.35. The standard InChI is InChI=1S/C6H8N3O2S/c1-12(10,11)9-3-5-2-7-8-6(5)4-9/h3-4H2,1H3,(H,7,8). The topological polar surface area (TPSA) is 66.1 Å². The normalized spacial score (nSPS) is 18.1. The Morgan fingerprint density at radius 2 is 2.33 bits per heavy atom. The Morgan fingerprint density at radius 3 is 2.92 bits per heavy atom. The summed E-state index contributed by atoms with van der Waals surface area (Å²) in [7, 11) is -3.07. The minimum atomic E-state index is -3.07. The molecule has 1 radical (unpaired) electrons. The smallest absolute Gasteiger partial charge is 0.211 e. The second-order valence-electron chi connectivity index (χ2n) is 2.82. The van der Waals surface area contributed by atoms with Gasteiger partial charge in [-0.25, -0.2) is 8.42 Å². The molecule has 5 nitrogen and oxygen atoms in total. The van der Waals surface area contributed by atoms with Crippen molar-refractivity contribution in [1.82, 2.24) is 14.5 Å². The molecule has 1 aromatic rings. The van der Waals surface area contributed by atoms with Crippen molar-refractivity contribution in [3.05, 3.63) is 17.5 Å². The molecule has 0 saturated heterocycles. The zero-order valence-electron chi connectivity index (χ0n) is 6.53. The lowest BCUT2D eigenvalue weighted by Gasteiger charge is -2.10. The highest BCUT2D eigenvalue weighted by Crippen LogP contribution is 2.21. The monoisotopic (exact) mass is 186 g/mol. The molecule has 0 atom stereocenters. The highest BCUT2D eigenvalue weighted by molar-refractivity contribution is 7.88. The molecule has 0 spiro atoms. The van der Waals surface area contributed by atoms with Crippen LogP contribution in [0, 0.1) is 6.20 Å². The fourth-order valence-electron chi connectivity index (χ4n) is 1.20. The highest BCUT2D eigenvalue weighted by atomic mass is 32.2. The van der Waals surface area contributed by atoms with E-state index >= 15 is 0 Å². The molecule has 0 aromatic carbocycles. The Morgan fingerprint density at radius 1 is 1.58 bits per heavy atom. The molecule has 0 saturated carbocycles. The van der Waals surface area contributed by atoms with E-state index in [2.05, 4.69) is 16.4 Å². The number of aromatic amines is 1. The van der Waals surface area contributed by atoms with Crippen LogP contribution in [0.1, 0.15) is 11.3 Å². The second-order valence-corrected chi connectivity index (χ2v) is 4.81. The van der Waals surface area contributed by atoms with E-state index in [0.29, 0.717) is 13.1 Å². The van der Waals surface area contributed by atoms with Gasteiger partial charge in [-0.2, -0.15) is 9.40 Å². The number of aromatic nitrogens is 2. The van der Waals surface area contributed by atoms with Crippen LogP contribution in [0.5, 0.6) is 0 Å². The van der Waals surface area contributed by atoms with Gasteiger partial charge < -0.3 is 0 Å². The molecule has 2 heterocycles. The van der Waals surface area contributed by atoms with Gasteiger partial charge in [-0.1, -0.05) is 0 Å². The third kappa shape index (κ3) is 1.12. The first kappa shape index (κ1) is 7.75.